The van der Waals surface area contributed by atoms with Crippen LogP contribution in [0.15, 0.2) is 0 Å². The van der Waals surface area contributed by atoms with Crippen LogP contribution in [-0.2, 0) is 14.4 Å². The SMILES string of the molecule is CCN(C)C(=O)C(C)NC(=O)NC(=O)CC(C)CC(=O)O. The van der Waals surface area contributed by atoms with Crippen molar-refractivity contribution >= 4 is 23.8 Å². The number of likely N-dealkylation sites (N-methyl/N-ethyl adjacent to an activating group) is 1. The highest BCUT2D eigenvalue weighted by molar-refractivity contribution is 5.96. The van der Waals surface area contributed by atoms with Crippen molar-refractivity contribution in [3.63, 3.8) is 0 Å². The lowest BCUT2D eigenvalue weighted by molar-refractivity contribution is -0.138. The van der Waals surface area contributed by atoms with Crippen LogP contribution >= 0.6 is 0 Å². The number of hydrogen-bond acceptors (Lipinski definition) is 4. The average Bonchev–Trinajstić information content (AvgIpc) is 2.34. The van der Waals surface area contributed by atoms with Gasteiger partial charge in [0, 0.05) is 26.4 Å². The fraction of sp³-hybridized carbons (Fsp3) is 0.692. The molecule has 0 radical (unpaired) electrons. The Kier molecular flexibility index (Phi) is 8.03. The van der Waals surface area contributed by atoms with Gasteiger partial charge in [0.15, 0.2) is 0 Å². The first-order chi connectivity index (χ1) is 9.67. The second kappa shape index (κ2) is 8.93. The zero-order valence-electron chi connectivity index (χ0n) is 12.8. The van der Waals surface area contributed by atoms with Crippen molar-refractivity contribution in [2.24, 2.45) is 5.92 Å². The lowest BCUT2D eigenvalue weighted by atomic mass is 10.0. The molecule has 0 aromatic carbocycles. The third-order valence-corrected chi connectivity index (χ3v) is 2.88. The first-order valence-electron chi connectivity index (χ1n) is 6.74. The van der Waals surface area contributed by atoms with Crippen LogP contribution < -0.4 is 10.6 Å². The zero-order chi connectivity index (χ0) is 16.6. The molecule has 0 aliphatic carbocycles. The van der Waals surface area contributed by atoms with Crippen molar-refractivity contribution in [3.05, 3.63) is 0 Å². The first kappa shape index (κ1) is 18.9. The van der Waals surface area contributed by atoms with E-state index in [2.05, 4.69) is 10.6 Å². The summed E-state index contributed by atoms with van der Waals surface area (Å²) >= 11 is 0. The van der Waals surface area contributed by atoms with Crippen LogP contribution in [-0.4, -0.2) is 53.5 Å². The predicted octanol–water partition coefficient (Wildman–Crippen LogP) is 0.180. The number of carboxylic acids is 1. The van der Waals surface area contributed by atoms with Gasteiger partial charge in [-0.3, -0.25) is 19.7 Å². The topological polar surface area (TPSA) is 116 Å². The van der Waals surface area contributed by atoms with E-state index in [1.165, 1.54) is 11.8 Å². The molecular weight excluding hydrogens is 278 g/mol. The van der Waals surface area contributed by atoms with E-state index >= 15 is 0 Å². The van der Waals surface area contributed by atoms with Crippen LogP contribution in [0.3, 0.4) is 0 Å². The Bertz CT molecular complexity index is 411. The molecule has 21 heavy (non-hydrogen) atoms. The van der Waals surface area contributed by atoms with E-state index in [0.29, 0.717) is 6.54 Å². The normalized spacial score (nSPS) is 13.0. The maximum atomic E-state index is 11.7. The highest BCUT2D eigenvalue weighted by atomic mass is 16.4. The Labute approximate surface area is 123 Å². The number of amides is 4. The third kappa shape index (κ3) is 7.91. The molecule has 0 bridgehead atoms. The van der Waals surface area contributed by atoms with Crippen molar-refractivity contribution in [1.82, 2.24) is 15.5 Å². The Morgan fingerprint density at radius 3 is 2.19 bits per heavy atom. The molecule has 0 saturated heterocycles. The Morgan fingerprint density at radius 2 is 1.71 bits per heavy atom. The van der Waals surface area contributed by atoms with E-state index in [9.17, 15) is 19.2 Å². The lowest BCUT2D eigenvalue weighted by Crippen LogP contribution is -2.50. The van der Waals surface area contributed by atoms with Gasteiger partial charge in [0.1, 0.15) is 6.04 Å². The summed E-state index contributed by atoms with van der Waals surface area (Å²) in [6.45, 7) is 5.44. The fourth-order valence-electron chi connectivity index (χ4n) is 1.65. The zero-order valence-corrected chi connectivity index (χ0v) is 12.8. The minimum absolute atomic E-state index is 0.0725. The summed E-state index contributed by atoms with van der Waals surface area (Å²) in [6, 6.07) is -1.52. The number of carboxylic acid groups (broad SMARTS) is 1. The minimum atomic E-state index is -0.999. The van der Waals surface area contributed by atoms with Gasteiger partial charge in [0.05, 0.1) is 0 Å². The van der Waals surface area contributed by atoms with E-state index in [-0.39, 0.29) is 24.7 Å². The molecule has 0 aromatic rings. The number of nitrogens with one attached hydrogen (secondary N) is 2. The molecule has 0 heterocycles. The molecule has 0 aliphatic heterocycles. The molecule has 4 amide bonds. The maximum absolute atomic E-state index is 11.7. The summed E-state index contributed by atoms with van der Waals surface area (Å²) in [5.41, 5.74) is 0. The van der Waals surface area contributed by atoms with Crippen LogP contribution in [0.1, 0.15) is 33.6 Å². The van der Waals surface area contributed by atoms with Gasteiger partial charge in [-0.1, -0.05) is 6.92 Å². The van der Waals surface area contributed by atoms with Gasteiger partial charge >= 0.3 is 12.0 Å². The Balaban J connectivity index is 4.22. The van der Waals surface area contributed by atoms with E-state index in [1.54, 1.807) is 20.9 Å². The van der Waals surface area contributed by atoms with Crippen LogP contribution in [0.2, 0.25) is 0 Å². The summed E-state index contributed by atoms with van der Waals surface area (Å²) in [5.74, 6) is -2.22. The summed E-state index contributed by atoms with van der Waals surface area (Å²) in [7, 11) is 1.61. The van der Waals surface area contributed by atoms with Crippen molar-refractivity contribution in [3.8, 4) is 0 Å². The van der Waals surface area contributed by atoms with Gasteiger partial charge in [-0.25, -0.2) is 4.79 Å². The lowest BCUT2D eigenvalue weighted by Gasteiger charge is -2.20. The molecule has 0 aromatic heterocycles. The second-order valence-corrected chi connectivity index (χ2v) is 5.00. The molecule has 8 heteroatoms. The standard InChI is InChI=1S/C13H23N3O5/c1-5-16(4)12(20)9(3)14-13(21)15-10(17)6-8(2)7-11(18)19/h8-9H,5-7H2,1-4H3,(H,18,19)(H2,14,15,17,21). The van der Waals surface area contributed by atoms with Crippen LogP contribution in [0.5, 0.6) is 0 Å². The number of urea groups is 1. The van der Waals surface area contributed by atoms with Gasteiger partial charge in [-0.15, -0.1) is 0 Å². The molecular formula is C13H23N3O5. The quantitative estimate of drug-likeness (QED) is 0.620. The average molecular weight is 301 g/mol. The number of aliphatic carboxylic acids is 1. The van der Waals surface area contributed by atoms with Gasteiger partial charge in [-0.05, 0) is 19.8 Å². The molecule has 3 N–H and O–H groups in total. The highest BCUT2D eigenvalue weighted by Crippen LogP contribution is 2.06. The van der Waals surface area contributed by atoms with Gasteiger partial charge < -0.3 is 15.3 Å². The number of carbonyl (C=O) groups excluding carboxylic acids is 3. The van der Waals surface area contributed by atoms with E-state index < -0.39 is 23.9 Å². The second-order valence-electron chi connectivity index (χ2n) is 5.00. The van der Waals surface area contributed by atoms with E-state index in [0.717, 1.165) is 0 Å². The van der Waals surface area contributed by atoms with Crippen molar-refractivity contribution in [2.75, 3.05) is 13.6 Å². The van der Waals surface area contributed by atoms with Gasteiger partial charge in [0.25, 0.3) is 0 Å². The number of hydrogen-bond donors (Lipinski definition) is 3. The fourth-order valence-corrected chi connectivity index (χ4v) is 1.65. The monoisotopic (exact) mass is 301 g/mol. The Hall–Kier alpha value is -2.12. The summed E-state index contributed by atoms with van der Waals surface area (Å²) in [5, 5.41) is 13.0. The molecule has 0 saturated carbocycles. The molecule has 0 rings (SSSR count). The van der Waals surface area contributed by atoms with E-state index in [1.807, 2.05) is 0 Å². The summed E-state index contributed by atoms with van der Waals surface area (Å²) in [4.78, 5) is 46.7. The number of carbonyl (C=O) groups is 4. The molecule has 2 atom stereocenters. The number of rotatable bonds is 7. The molecule has 0 aliphatic rings. The van der Waals surface area contributed by atoms with Gasteiger partial charge in [-0.2, -0.15) is 0 Å². The molecule has 2 unspecified atom stereocenters. The minimum Gasteiger partial charge on any atom is -0.481 e. The largest absolute Gasteiger partial charge is 0.481 e. The molecule has 0 spiro atoms. The molecule has 8 nitrogen and oxygen atoms in total. The summed E-state index contributed by atoms with van der Waals surface area (Å²) in [6.07, 6.45) is -0.220. The van der Waals surface area contributed by atoms with Crippen molar-refractivity contribution in [1.29, 1.82) is 0 Å². The van der Waals surface area contributed by atoms with Crippen molar-refractivity contribution < 1.29 is 24.3 Å². The predicted molar refractivity (Wildman–Crippen MR) is 75.5 cm³/mol. The van der Waals surface area contributed by atoms with Crippen LogP contribution in [0.25, 0.3) is 0 Å². The highest BCUT2D eigenvalue weighted by Gasteiger charge is 2.20. The number of nitrogens with zero attached hydrogens (tertiary/aromatic N) is 1. The van der Waals surface area contributed by atoms with Crippen LogP contribution in [0, 0.1) is 5.92 Å². The molecule has 120 valence electrons. The Morgan fingerprint density at radius 1 is 1.14 bits per heavy atom. The summed E-state index contributed by atoms with van der Waals surface area (Å²) < 4.78 is 0. The smallest absolute Gasteiger partial charge is 0.322 e. The van der Waals surface area contributed by atoms with Crippen LogP contribution in [0.4, 0.5) is 4.79 Å². The maximum Gasteiger partial charge on any atom is 0.322 e. The number of imide groups is 1. The van der Waals surface area contributed by atoms with Crippen molar-refractivity contribution in [2.45, 2.75) is 39.7 Å². The third-order valence-electron chi connectivity index (χ3n) is 2.88. The van der Waals surface area contributed by atoms with E-state index in [4.69, 9.17) is 5.11 Å². The molecule has 0 fully saturated rings. The first-order valence-corrected chi connectivity index (χ1v) is 6.74. The van der Waals surface area contributed by atoms with Gasteiger partial charge in [0.2, 0.25) is 11.8 Å².